The molecule has 0 aliphatic heterocycles. The second-order valence-electron chi connectivity index (χ2n) is 19.4. The molecule has 0 aliphatic rings. The van der Waals surface area contributed by atoms with Gasteiger partial charge in [-0.3, -0.25) is 9.97 Å². The van der Waals surface area contributed by atoms with Crippen molar-refractivity contribution >= 4 is 61.7 Å². The average Bonchev–Trinajstić information content (AvgIpc) is 3.85. The number of pyridine rings is 3. The van der Waals surface area contributed by atoms with Gasteiger partial charge in [-0.05, 0) is 54.4 Å². The van der Waals surface area contributed by atoms with Gasteiger partial charge in [0, 0.05) is 53.4 Å². The van der Waals surface area contributed by atoms with Crippen LogP contribution in [0.15, 0.2) is 138 Å². The predicted octanol–water partition coefficient (Wildman–Crippen LogP) is 14.2. The molecule has 10 rings (SSSR count). The predicted molar refractivity (Wildman–Crippen MR) is 269 cm³/mol. The van der Waals surface area contributed by atoms with Crippen LogP contribution < -0.4 is 4.40 Å². The molecule has 0 saturated heterocycles. The van der Waals surface area contributed by atoms with Crippen molar-refractivity contribution in [3.05, 3.63) is 168 Å². The zero-order valence-corrected chi connectivity index (χ0v) is 43.5. The summed E-state index contributed by atoms with van der Waals surface area (Å²) in [6, 6.07) is 50.9. The Morgan fingerprint density at radius 3 is 2.15 bits per heavy atom. The summed E-state index contributed by atoms with van der Waals surface area (Å²) in [6.45, 7) is 15.2. The Labute approximate surface area is 399 Å². The van der Waals surface area contributed by atoms with Crippen molar-refractivity contribution < 1.29 is 24.5 Å². The van der Waals surface area contributed by atoms with Crippen LogP contribution in [0.2, 0.25) is 17.3 Å². The van der Waals surface area contributed by atoms with E-state index in [1.54, 1.807) is 4.40 Å². The Morgan fingerprint density at radius 2 is 1.45 bits per heavy atom. The van der Waals surface area contributed by atoms with Crippen LogP contribution in [0.1, 0.15) is 57.1 Å². The van der Waals surface area contributed by atoms with E-state index in [2.05, 4.69) is 173 Å². The van der Waals surface area contributed by atoms with Gasteiger partial charge in [-0.15, -0.1) is 18.2 Å². The van der Waals surface area contributed by atoms with E-state index in [-0.39, 0.29) is 25.5 Å². The number of aromatic nitrogens is 5. The van der Waals surface area contributed by atoms with Crippen molar-refractivity contribution in [2.45, 2.75) is 77.6 Å². The molecule has 0 aliphatic carbocycles. The van der Waals surface area contributed by atoms with Crippen LogP contribution in [-0.4, -0.2) is 37.8 Å². The standard InChI is InChI=1S/C38H29N4O.C19H26GeN.Ir/c1-23-13-14-26-17-21-31-34(33(26)39-23)42(27-18-15-25(16-19-27)24-9-6-5-7-10-24)36(40-31)30-12-8-11-28-29-20-22-32(38(2,3)4)41-37(29)43-35(28)30;1-14(2)11-16-12-19(17-10-8-7-9-15(17)3)21-13-18(16)20(4,5)6;/h5-11,13-22H,1-4H3;7-9,12-14H,11H2,1-6H3;/q2*-1;. The molecule has 0 fully saturated rings. The number of hydrogen-bond donors (Lipinski definition) is 0. The third kappa shape index (κ3) is 9.25. The van der Waals surface area contributed by atoms with Gasteiger partial charge in [0.1, 0.15) is 0 Å². The van der Waals surface area contributed by atoms with Gasteiger partial charge >= 0.3 is 132 Å². The van der Waals surface area contributed by atoms with Crippen molar-refractivity contribution in [3.8, 4) is 39.5 Å². The Morgan fingerprint density at radius 1 is 0.723 bits per heavy atom. The van der Waals surface area contributed by atoms with Gasteiger partial charge in [0.25, 0.3) is 0 Å². The monoisotopic (exact) mass is 1090 g/mol. The van der Waals surface area contributed by atoms with Crippen LogP contribution in [0.25, 0.3) is 83.5 Å². The van der Waals surface area contributed by atoms with Crippen molar-refractivity contribution in [2.24, 2.45) is 5.92 Å². The molecule has 0 atom stereocenters. The van der Waals surface area contributed by atoms with Crippen LogP contribution in [0.4, 0.5) is 0 Å². The molecule has 5 aromatic carbocycles. The number of furan rings is 1. The van der Waals surface area contributed by atoms with Crippen LogP contribution in [0, 0.1) is 31.9 Å². The molecule has 5 aromatic heterocycles. The molecule has 65 heavy (non-hydrogen) atoms. The molecule has 0 bridgehead atoms. The SMILES string of the molecule is Cc1ccc2ccc3nc(-c4[c-]ccc5c4oc4nc(C(C)(C)C)ccc45)n(-c4ccc(-c5ccccc5)cc4)c3c2n1.Cc1ccc[c-]c1-c1cc(CC(C)C)[c]([Ge]([CH3])([CH3])[CH3])cn1.[Ir]. The normalized spacial score (nSPS) is 11.9. The maximum atomic E-state index is 6.53. The minimum Gasteiger partial charge on any atom is 0 e. The number of nitrogens with zero attached hydrogens (tertiary/aromatic N) is 5. The fourth-order valence-electron chi connectivity index (χ4n) is 8.61. The zero-order chi connectivity index (χ0) is 44.9. The molecule has 0 amide bonds. The summed E-state index contributed by atoms with van der Waals surface area (Å²) in [5.74, 6) is 8.75. The molecular weight excluding hydrogens is 1040 g/mol. The Bertz CT molecular complexity index is 3320. The summed E-state index contributed by atoms with van der Waals surface area (Å²) in [6.07, 6.45) is 3.28. The van der Waals surface area contributed by atoms with Crippen molar-refractivity contribution in [1.29, 1.82) is 0 Å². The van der Waals surface area contributed by atoms with Crippen molar-refractivity contribution in [1.82, 2.24) is 24.5 Å². The van der Waals surface area contributed by atoms with Crippen LogP contribution in [0.3, 0.4) is 0 Å². The first-order chi connectivity index (χ1) is 30.6. The Kier molecular flexibility index (Phi) is 12.9. The zero-order valence-electron chi connectivity index (χ0n) is 39.0. The van der Waals surface area contributed by atoms with Crippen LogP contribution >= 0.6 is 0 Å². The van der Waals surface area contributed by atoms with Gasteiger partial charge in [0.05, 0.1) is 28.0 Å². The summed E-state index contributed by atoms with van der Waals surface area (Å²) in [7, 11) is 0. The second-order valence-corrected chi connectivity index (χ2v) is 30.0. The van der Waals surface area contributed by atoms with Crippen molar-refractivity contribution in [3.63, 3.8) is 0 Å². The molecule has 8 heteroatoms. The van der Waals surface area contributed by atoms with Gasteiger partial charge in [-0.25, -0.2) is 4.98 Å². The molecule has 0 saturated carbocycles. The Hall–Kier alpha value is -5.73. The molecular formula is C57H55GeIrN5O-2. The quantitative estimate of drug-likeness (QED) is 0.117. The summed E-state index contributed by atoms with van der Waals surface area (Å²) >= 11 is -1.87. The molecule has 329 valence electrons. The third-order valence-corrected chi connectivity index (χ3v) is 16.2. The number of rotatable bonds is 7. The van der Waals surface area contributed by atoms with E-state index >= 15 is 0 Å². The van der Waals surface area contributed by atoms with Gasteiger partial charge in [-0.2, -0.15) is 0 Å². The van der Waals surface area contributed by atoms with E-state index < -0.39 is 13.3 Å². The first-order valence-electron chi connectivity index (χ1n) is 22.3. The van der Waals surface area contributed by atoms with Gasteiger partial charge < -0.3 is 8.98 Å². The maximum absolute atomic E-state index is 6.53. The molecule has 10 aromatic rings. The van der Waals surface area contributed by atoms with Gasteiger partial charge in [0.15, 0.2) is 0 Å². The van der Waals surface area contributed by atoms with Crippen LogP contribution in [0.5, 0.6) is 0 Å². The van der Waals surface area contributed by atoms with Crippen molar-refractivity contribution in [2.75, 3.05) is 0 Å². The minimum absolute atomic E-state index is 0. The smallest absolute Gasteiger partial charge is 0 e. The molecule has 6 nitrogen and oxygen atoms in total. The van der Waals surface area contributed by atoms with Crippen LogP contribution in [-0.2, 0) is 31.9 Å². The summed E-state index contributed by atoms with van der Waals surface area (Å²) in [5, 5.41) is 3.04. The van der Waals surface area contributed by atoms with E-state index in [0.29, 0.717) is 11.6 Å². The fourth-order valence-corrected chi connectivity index (χ4v) is 11.9. The van der Waals surface area contributed by atoms with Gasteiger partial charge in [-0.1, -0.05) is 86.3 Å². The van der Waals surface area contributed by atoms with E-state index in [1.165, 1.54) is 16.7 Å². The molecule has 0 N–H and O–H groups in total. The van der Waals surface area contributed by atoms with E-state index in [0.717, 1.165) is 90.0 Å². The fraction of sp³-hybridized carbons (Fsp3) is 0.228. The number of hydrogen-bond acceptors (Lipinski definition) is 5. The molecule has 0 spiro atoms. The largest absolute Gasteiger partial charge is 0 e. The number of fused-ring (bicyclic) bond motifs is 6. The molecule has 1 radical (unpaired) electrons. The summed E-state index contributed by atoms with van der Waals surface area (Å²) in [5.41, 5.74) is 15.0. The van der Waals surface area contributed by atoms with E-state index in [9.17, 15) is 0 Å². The van der Waals surface area contributed by atoms with E-state index in [1.807, 2.05) is 43.3 Å². The topological polar surface area (TPSA) is 69.6 Å². The van der Waals surface area contributed by atoms with E-state index in [4.69, 9.17) is 24.4 Å². The first kappa shape index (κ1) is 45.8. The molecule has 0 unspecified atom stereocenters. The number of benzene rings is 5. The summed E-state index contributed by atoms with van der Waals surface area (Å²) in [4.78, 5) is 19.9. The third-order valence-electron chi connectivity index (χ3n) is 11.9. The van der Waals surface area contributed by atoms with Gasteiger partial charge in [0.2, 0.25) is 5.71 Å². The molecule has 5 heterocycles. The second kappa shape index (κ2) is 18.3. The Balaban J connectivity index is 0.000000222. The average molecular weight is 1090 g/mol. The summed E-state index contributed by atoms with van der Waals surface area (Å²) < 4.78 is 10.3. The first-order valence-corrected chi connectivity index (χ1v) is 29.6. The number of aryl methyl sites for hydroxylation is 2. The minimum atomic E-state index is -1.87. The number of imidazole rings is 1. The maximum Gasteiger partial charge on any atom is 0 e.